The third-order valence-corrected chi connectivity index (χ3v) is 3.81. The molecule has 0 saturated carbocycles. The number of benzene rings is 1. The van der Waals surface area contributed by atoms with Gasteiger partial charge in [0.05, 0.1) is 0 Å². The summed E-state index contributed by atoms with van der Waals surface area (Å²) in [6.45, 7) is 8.90. The van der Waals surface area contributed by atoms with Crippen LogP contribution < -0.4 is 5.32 Å². The van der Waals surface area contributed by atoms with Crippen molar-refractivity contribution in [1.82, 2.24) is 10.2 Å². The van der Waals surface area contributed by atoms with Gasteiger partial charge in [0.25, 0.3) is 0 Å². The molecule has 19 heavy (non-hydrogen) atoms. The van der Waals surface area contributed by atoms with Crippen LogP contribution in [0.4, 0.5) is 0 Å². The zero-order valence-electron chi connectivity index (χ0n) is 11.5. The van der Waals surface area contributed by atoms with Gasteiger partial charge in [0.15, 0.2) is 0 Å². The van der Waals surface area contributed by atoms with Crippen molar-refractivity contribution in [2.45, 2.75) is 26.3 Å². The third-order valence-electron chi connectivity index (χ3n) is 3.57. The van der Waals surface area contributed by atoms with Crippen LogP contribution in [0.15, 0.2) is 18.2 Å². The van der Waals surface area contributed by atoms with E-state index in [4.69, 9.17) is 11.6 Å². The summed E-state index contributed by atoms with van der Waals surface area (Å²) < 4.78 is 0. The average molecular weight is 326 g/mol. The molecule has 0 aromatic heterocycles. The lowest BCUT2D eigenvalue weighted by Crippen LogP contribution is -2.45. The van der Waals surface area contributed by atoms with Crippen LogP contribution in [0.2, 0.25) is 5.02 Å². The summed E-state index contributed by atoms with van der Waals surface area (Å²) in [5.74, 6) is 0. The molecule has 1 aromatic rings. The van der Waals surface area contributed by atoms with Crippen LogP contribution in [-0.2, 0) is 0 Å². The number of nitrogens with one attached hydrogen (secondary N) is 1. The lowest BCUT2D eigenvalue weighted by molar-refractivity contribution is 0.169. The Morgan fingerprint density at radius 1 is 1.26 bits per heavy atom. The second-order valence-electron chi connectivity index (χ2n) is 4.71. The van der Waals surface area contributed by atoms with Crippen molar-refractivity contribution in [3.8, 4) is 0 Å². The van der Waals surface area contributed by atoms with Crippen LogP contribution in [0, 0.1) is 6.92 Å². The molecule has 1 saturated heterocycles. The molecule has 1 aliphatic rings. The van der Waals surface area contributed by atoms with Gasteiger partial charge in [-0.2, -0.15) is 0 Å². The van der Waals surface area contributed by atoms with E-state index in [0.717, 1.165) is 37.6 Å². The maximum Gasteiger partial charge on any atom is 0.0408 e. The molecular weight excluding hydrogens is 303 g/mol. The Bertz CT molecular complexity index is 379. The Labute approximate surface area is 133 Å². The fourth-order valence-corrected chi connectivity index (χ4v) is 2.91. The molecule has 0 amide bonds. The zero-order valence-corrected chi connectivity index (χ0v) is 13.9. The van der Waals surface area contributed by atoms with Crippen LogP contribution in [0.3, 0.4) is 0 Å². The summed E-state index contributed by atoms with van der Waals surface area (Å²) in [4.78, 5) is 2.58. The number of nitrogens with zero attached hydrogens (tertiary/aromatic N) is 1. The first kappa shape index (κ1) is 19.0. The maximum atomic E-state index is 6.03. The molecule has 1 heterocycles. The first-order valence-electron chi connectivity index (χ1n) is 6.43. The van der Waals surface area contributed by atoms with Crippen molar-refractivity contribution in [1.29, 1.82) is 0 Å². The molecule has 0 unspecified atom stereocenters. The third kappa shape index (κ3) is 4.80. The molecular formula is C14H23Cl3N2. The molecule has 2 nitrogen and oxygen atoms in total. The van der Waals surface area contributed by atoms with Crippen LogP contribution in [0.25, 0.3) is 0 Å². The Hall–Kier alpha value is 0.01000. The minimum absolute atomic E-state index is 0. The minimum Gasteiger partial charge on any atom is -0.314 e. The van der Waals surface area contributed by atoms with Gasteiger partial charge in [0, 0.05) is 37.2 Å². The Balaban J connectivity index is 0.00000162. The topological polar surface area (TPSA) is 15.3 Å². The number of rotatable bonds is 3. The molecule has 0 aliphatic carbocycles. The number of halogens is 3. The number of aryl methyl sites for hydroxylation is 1. The van der Waals surface area contributed by atoms with Gasteiger partial charge in [-0.05, 0) is 36.6 Å². The van der Waals surface area contributed by atoms with E-state index in [1.165, 1.54) is 11.1 Å². The highest BCUT2D eigenvalue weighted by Crippen LogP contribution is 2.28. The van der Waals surface area contributed by atoms with Crippen molar-refractivity contribution >= 4 is 36.4 Å². The molecule has 0 spiro atoms. The largest absolute Gasteiger partial charge is 0.314 e. The summed E-state index contributed by atoms with van der Waals surface area (Å²) in [6.07, 6.45) is 1.16. The summed E-state index contributed by atoms with van der Waals surface area (Å²) in [5.41, 5.74) is 2.74. The predicted octanol–water partition coefficient (Wildman–Crippen LogP) is 3.85. The Kier molecular flexibility index (Phi) is 9.04. The van der Waals surface area contributed by atoms with Gasteiger partial charge in [0.2, 0.25) is 0 Å². The summed E-state index contributed by atoms with van der Waals surface area (Å²) in [5, 5.41) is 4.24. The first-order chi connectivity index (χ1) is 8.22. The number of piperazine rings is 1. The molecule has 1 N–H and O–H groups in total. The highest BCUT2D eigenvalue weighted by atomic mass is 35.5. The SMILES string of the molecule is CC[C@H](c1ccc(Cl)cc1C)N1CCNCC1.Cl.Cl. The molecule has 1 fully saturated rings. The first-order valence-corrected chi connectivity index (χ1v) is 6.81. The molecule has 1 aromatic carbocycles. The van der Waals surface area contributed by atoms with E-state index in [-0.39, 0.29) is 24.8 Å². The predicted molar refractivity (Wildman–Crippen MR) is 88.2 cm³/mol. The molecule has 0 bridgehead atoms. The van der Waals surface area contributed by atoms with Crippen molar-refractivity contribution in [3.05, 3.63) is 34.3 Å². The van der Waals surface area contributed by atoms with Crippen molar-refractivity contribution < 1.29 is 0 Å². The lowest BCUT2D eigenvalue weighted by atomic mass is 9.97. The standard InChI is InChI=1S/C14H21ClN2.2ClH/c1-3-14(17-8-6-16-7-9-17)13-5-4-12(15)10-11(13)2;;/h4-5,10,14,16H,3,6-9H2,1-2H3;2*1H/t14-;;/m1../s1. The minimum atomic E-state index is 0. The van der Waals surface area contributed by atoms with E-state index in [1.54, 1.807) is 0 Å². The van der Waals surface area contributed by atoms with Gasteiger partial charge in [-0.3, -0.25) is 4.90 Å². The summed E-state index contributed by atoms with van der Waals surface area (Å²) >= 11 is 6.03. The lowest BCUT2D eigenvalue weighted by Gasteiger charge is -2.35. The van der Waals surface area contributed by atoms with Crippen LogP contribution in [0.1, 0.15) is 30.5 Å². The maximum absolute atomic E-state index is 6.03. The average Bonchev–Trinajstić information content (AvgIpc) is 2.34. The van der Waals surface area contributed by atoms with E-state index < -0.39 is 0 Å². The van der Waals surface area contributed by atoms with Gasteiger partial charge >= 0.3 is 0 Å². The summed E-state index contributed by atoms with van der Waals surface area (Å²) in [7, 11) is 0. The Morgan fingerprint density at radius 2 is 1.89 bits per heavy atom. The van der Waals surface area contributed by atoms with Crippen molar-refractivity contribution in [2.75, 3.05) is 26.2 Å². The highest BCUT2D eigenvalue weighted by molar-refractivity contribution is 6.30. The van der Waals surface area contributed by atoms with Crippen LogP contribution in [-0.4, -0.2) is 31.1 Å². The van der Waals surface area contributed by atoms with Gasteiger partial charge in [-0.1, -0.05) is 24.6 Å². The molecule has 110 valence electrons. The number of hydrogen-bond donors (Lipinski definition) is 1. The van der Waals surface area contributed by atoms with Crippen LogP contribution >= 0.6 is 36.4 Å². The van der Waals surface area contributed by atoms with Gasteiger partial charge in [-0.15, -0.1) is 24.8 Å². The van der Waals surface area contributed by atoms with Gasteiger partial charge in [0.1, 0.15) is 0 Å². The number of hydrogen-bond acceptors (Lipinski definition) is 2. The molecule has 1 atom stereocenters. The fraction of sp³-hybridized carbons (Fsp3) is 0.571. The van der Waals surface area contributed by atoms with E-state index in [2.05, 4.69) is 36.2 Å². The van der Waals surface area contributed by atoms with E-state index in [9.17, 15) is 0 Å². The Morgan fingerprint density at radius 3 is 2.42 bits per heavy atom. The normalized spacial score (nSPS) is 17.2. The molecule has 0 radical (unpaired) electrons. The zero-order chi connectivity index (χ0) is 12.3. The van der Waals surface area contributed by atoms with Crippen molar-refractivity contribution in [2.24, 2.45) is 0 Å². The second kappa shape index (κ2) is 9.04. The van der Waals surface area contributed by atoms with E-state index >= 15 is 0 Å². The van der Waals surface area contributed by atoms with Crippen molar-refractivity contribution in [3.63, 3.8) is 0 Å². The van der Waals surface area contributed by atoms with E-state index in [1.807, 2.05) is 6.07 Å². The van der Waals surface area contributed by atoms with Gasteiger partial charge in [-0.25, -0.2) is 0 Å². The molecule has 2 rings (SSSR count). The van der Waals surface area contributed by atoms with Crippen LogP contribution in [0.5, 0.6) is 0 Å². The quantitative estimate of drug-likeness (QED) is 0.908. The fourth-order valence-electron chi connectivity index (χ4n) is 2.68. The second-order valence-corrected chi connectivity index (χ2v) is 5.15. The summed E-state index contributed by atoms with van der Waals surface area (Å²) in [6, 6.07) is 6.80. The van der Waals surface area contributed by atoms with Gasteiger partial charge < -0.3 is 5.32 Å². The van der Waals surface area contributed by atoms with E-state index in [0.29, 0.717) is 6.04 Å². The highest BCUT2D eigenvalue weighted by Gasteiger charge is 2.21. The molecule has 1 aliphatic heterocycles. The smallest absolute Gasteiger partial charge is 0.0408 e. The monoisotopic (exact) mass is 324 g/mol. The molecule has 5 heteroatoms.